The van der Waals surface area contributed by atoms with E-state index in [4.69, 9.17) is 0 Å². The highest BCUT2D eigenvalue weighted by molar-refractivity contribution is 7.86. The zero-order valence-corrected chi connectivity index (χ0v) is 15.0. The lowest BCUT2D eigenvalue weighted by molar-refractivity contribution is 0.672. The second-order valence-corrected chi connectivity index (χ2v) is 8.30. The van der Waals surface area contributed by atoms with Crippen molar-refractivity contribution in [1.82, 2.24) is 0 Å². The predicted molar refractivity (Wildman–Crippen MR) is 109 cm³/mol. The van der Waals surface area contributed by atoms with Crippen LogP contribution < -0.4 is 0 Å². The van der Waals surface area contributed by atoms with Gasteiger partial charge in [-0.05, 0) is 33.0 Å². The molecular formula is C24H18OS. The molecule has 2 heteroatoms. The first-order valence-corrected chi connectivity index (χ1v) is 10.1. The van der Waals surface area contributed by atoms with Crippen molar-refractivity contribution in [2.45, 2.75) is 10.5 Å². The summed E-state index contributed by atoms with van der Waals surface area (Å²) in [5.41, 5.74) is 4.59. The first-order valence-electron chi connectivity index (χ1n) is 8.85. The van der Waals surface area contributed by atoms with Crippen LogP contribution in [0.15, 0.2) is 97.1 Å². The molecule has 0 saturated carbocycles. The molecule has 0 aromatic heterocycles. The van der Waals surface area contributed by atoms with Gasteiger partial charge in [0.2, 0.25) is 0 Å². The minimum atomic E-state index is -1.09. The van der Waals surface area contributed by atoms with Gasteiger partial charge in [0.15, 0.2) is 0 Å². The van der Waals surface area contributed by atoms with Crippen LogP contribution in [0.2, 0.25) is 0 Å². The minimum Gasteiger partial charge on any atom is -0.258 e. The van der Waals surface area contributed by atoms with Crippen molar-refractivity contribution in [3.63, 3.8) is 0 Å². The number of hydrogen-bond donors (Lipinski definition) is 0. The lowest BCUT2D eigenvalue weighted by atomic mass is 9.91. The van der Waals surface area contributed by atoms with Crippen LogP contribution in [0.5, 0.6) is 0 Å². The third-order valence-electron chi connectivity index (χ3n) is 5.20. The van der Waals surface area contributed by atoms with Gasteiger partial charge < -0.3 is 0 Å². The Labute approximate surface area is 155 Å². The molecule has 4 aromatic rings. The van der Waals surface area contributed by atoms with E-state index in [0.717, 1.165) is 11.1 Å². The molecule has 1 aliphatic rings. The van der Waals surface area contributed by atoms with Gasteiger partial charge in [0.05, 0.1) is 10.5 Å². The normalized spacial score (nSPS) is 21.6. The molecule has 0 aliphatic carbocycles. The average Bonchev–Trinajstić information content (AvgIpc) is 2.70. The quantitative estimate of drug-likeness (QED) is 0.446. The molecule has 0 N–H and O–H groups in total. The standard InChI is InChI=1S/C24H18OS/c25-26-23(18-9-3-1-4-10-18)20-15-7-13-17-14-8-16-21(22(17)20)24(26)19-11-5-2-6-12-19/h1-16,23-24H. The molecule has 4 aromatic carbocycles. The Kier molecular flexibility index (Phi) is 3.72. The summed E-state index contributed by atoms with van der Waals surface area (Å²) >= 11 is 0. The number of benzene rings is 4. The smallest absolute Gasteiger partial charge is 0.0862 e. The Morgan fingerprint density at radius 2 is 1.00 bits per heavy atom. The van der Waals surface area contributed by atoms with Crippen molar-refractivity contribution in [2.75, 3.05) is 0 Å². The first kappa shape index (κ1) is 15.5. The summed E-state index contributed by atoms with van der Waals surface area (Å²) < 4.78 is 13.8. The summed E-state index contributed by atoms with van der Waals surface area (Å²) in [5, 5.41) is 2.26. The summed E-state index contributed by atoms with van der Waals surface area (Å²) in [4.78, 5) is 0. The van der Waals surface area contributed by atoms with Crippen molar-refractivity contribution in [3.05, 3.63) is 119 Å². The fourth-order valence-corrected chi connectivity index (χ4v) is 6.12. The molecule has 2 unspecified atom stereocenters. The van der Waals surface area contributed by atoms with Gasteiger partial charge in [0.1, 0.15) is 0 Å². The van der Waals surface area contributed by atoms with E-state index in [2.05, 4.69) is 60.7 Å². The summed E-state index contributed by atoms with van der Waals surface area (Å²) in [6.45, 7) is 0. The van der Waals surface area contributed by atoms with Crippen LogP contribution in [0, 0.1) is 0 Å². The van der Waals surface area contributed by atoms with Crippen molar-refractivity contribution in [3.8, 4) is 0 Å². The molecular weight excluding hydrogens is 336 g/mol. The van der Waals surface area contributed by atoms with Gasteiger partial charge in [-0.1, -0.05) is 97.1 Å². The third kappa shape index (κ3) is 2.33. The van der Waals surface area contributed by atoms with Crippen molar-refractivity contribution in [1.29, 1.82) is 0 Å². The maximum absolute atomic E-state index is 13.8. The Morgan fingerprint density at radius 1 is 0.538 bits per heavy atom. The summed E-state index contributed by atoms with van der Waals surface area (Å²) in [5.74, 6) is 0. The van der Waals surface area contributed by atoms with Gasteiger partial charge in [-0.25, -0.2) is 0 Å². The molecule has 0 bridgehead atoms. The summed E-state index contributed by atoms with van der Waals surface area (Å²) in [6, 6.07) is 33.3. The molecule has 2 atom stereocenters. The van der Waals surface area contributed by atoms with Crippen molar-refractivity contribution in [2.24, 2.45) is 0 Å². The maximum atomic E-state index is 13.8. The topological polar surface area (TPSA) is 17.1 Å². The second kappa shape index (κ2) is 6.22. The molecule has 5 rings (SSSR count). The van der Waals surface area contributed by atoms with Gasteiger partial charge in [0.25, 0.3) is 0 Å². The maximum Gasteiger partial charge on any atom is 0.0862 e. The highest BCUT2D eigenvalue weighted by Crippen LogP contribution is 2.48. The second-order valence-electron chi connectivity index (χ2n) is 6.70. The number of hydrogen-bond acceptors (Lipinski definition) is 1. The van der Waals surface area contributed by atoms with E-state index in [1.165, 1.54) is 21.9 Å². The molecule has 126 valence electrons. The van der Waals surface area contributed by atoms with Crippen molar-refractivity contribution >= 4 is 21.6 Å². The van der Waals surface area contributed by atoms with E-state index in [1.807, 2.05) is 36.4 Å². The van der Waals surface area contributed by atoms with Crippen LogP contribution in [-0.4, -0.2) is 4.21 Å². The molecule has 1 aliphatic heterocycles. The minimum absolute atomic E-state index is 0.111. The fraction of sp³-hybridized carbons (Fsp3) is 0.0833. The van der Waals surface area contributed by atoms with Crippen LogP contribution in [0.3, 0.4) is 0 Å². The lowest BCUT2D eigenvalue weighted by Crippen LogP contribution is -2.22. The molecule has 0 saturated heterocycles. The van der Waals surface area contributed by atoms with Gasteiger partial charge in [-0.2, -0.15) is 0 Å². The fourth-order valence-electron chi connectivity index (χ4n) is 4.11. The Morgan fingerprint density at radius 3 is 1.46 bits per heavy atom. The van der Waals surface area contributed by atoms with Crippen LogP contribution in [0.4, 0.5) is 0 Å². The SMILES string of the molecule is O=S1C(c2ccccc2)c2cccc3cccc(c23)C1c1ccccc1. The number of rotatable bonds is 2. The van der Waals surface area contributed by atoms with Gasteiger partial charge >= 0.3 is 0 Å². The molecule has 1 nitrogen and oxygen atoms in total. The van der Waals surface area contributed by atoms with E-state index in [0.29, 0.717) is 0 Å². The van der Waals surface area contributed by atoms with Crippen LogP contribution in [0.1, 0.15) is 32.8 Å². The molecule has 0 fully saturated rings. The Hall–Kier alpha value is -2.71. The predicted octanol–water partition coefficient (Wildman–Crippen LogP) is 5.78. The highest BCUT2D eigenvalue weighted by Gasteiger charge is 2.36. The molecule has 0 amide bonds. The largest absolute Gasteiger partial charge is 0.258 e. The monoisotopic (exact) mass is 354 g/mol. The summed E-state index contributed by atoms with van der Waals surface area (Å²) in [6.07, 6.45) is 0. The molecule has 1 heterocycles. The Balaban J connectivity index is 1.85. The van der Waals surface area contributed by atoms with Gasteiger partial charge in [-0.3, -0.25) is 4.21 Å². The van der Waals surface area contributed by atoms with Crippen LogP contribution >= 0.6 is 0 Å². The lowest BCUT2D eigenvalue weighted by Gasteiger charge is -2.32. The van der Waals surface area contributed by atoms with E-state index >= 15 is 0 Å². The molecule has 26 heavy (non-hydrogen) atoms. The van der Waals surface area contributed by atoms with Crippen molar-refractivity contribution < 1.29 is 4.21 Å². The van der Waals surface area contributed by atoms with E-state index < -0.39 is 10.8 Å². The zero-order chi connectivity index (χ0) is 17.5. The summed E-state index contributed by atoms with van der Waals surface area (Å²) in [7, 11) is -1.09. The van der Waals surface area contributed by atoms with E-state index in [-0.39, 0.29) is 10.5 Å². The zero-order valence-electron chi connectivity index (χ0n) is 14.2. The van der Waals surface area contributed by atoms with Gasteiger partial charge in [-0.15, -0.1) is 0 Å². The molecule has 0 spiro atoms. The van der Waals surface area contributed by atoms with Crippen LogP contribution in [0.25, 0.3) is 10.8 Å². The average molecular weight is 354 g/mol. The Bertz CT molecular complexity index is 1020. The van der Waals surface area contributed by atoms with E-state index in [9.17, 15) is 4.21 Å². The van der Waals surface area contributed by atoms with E-state index in [1.54, 1.807) is 0 Å². The third-order valence-corrected chi connectivity index (χ3v) is 7.18. The van der Waals surface area contributed by atoms with Gasteiger partial charge in [0, 0.05) is 10.8 Å². The highest BCUT2D eigenvalue weighted by atomic mass is 32.2. The first-order chi connectivity index (χ1) is 12.8. The molecule has 0 radical (unpaired) electrons. The van der Waals surface area contributed by atoms with Crippen LogP contribution in [-0.2, 0) is 10.8 Å².